The van der Waals surface area contributed by atoms with Crippen molar-refractivity contribution in [2.24, 2.45) is 5.92 Å². The van der Waals surface area contributed by atoms with Gasteiger partial charge in [0.1, 0.15) is 42.4 Å². The van der Waals surface area contributed by atoms with E-state index in [1.807, 2.05) is 67.9 Å². The summed E-state index contributed by atoms with van der Waals surface area (Å²) in [5, 5.41) is 9.78. The average Bonchev–Trinajstić information content (AvgIpc) is 4.18. The van der Waals surface area contributed by atoms with Crippen LogP contribution in [-0.2, 0) is 23.7 Å². The number of alkyl carbamates (subject to hydrolysis) is 2. The molecule has 7 rings (SSSR count). The van der Waals surface area contributed by atoms with E-state index < -0.39 is 18.2 Å². The third-order valence-corrected chi connectivity index (χ3v) is 12.6. The third kappa shape index (κ3) is 11.3. The molecule has 348 valence electrons. The predicted octanol–water partition coefficient (Wildman–Crippen LogP) is 7.52. The Morgan fingerprint density at radius 2 is 1.32 bits per heavy atom. The molecule has 0 radical (unpaired) electrons. The highest BCUT2D eigenvalue weighted by molar-refractivity contribution is 7.08. The number of rotatable bonds is 20. The van der Waals surface area contributed by atoms with Crippen molar-refractivity contribution in [1.29, 1.82) is 0 Å². The lowest BCUT2D eigenvalue weighted by Crippen LogP contribution is -2.51. The Morgan fingerprint density at radius 1 is 0.754 bits per heavy atom. The van der Waals surface area contributed by atoms with Crippen LogP contribution < -0.4 is 20.1 Å². The van der Waals surface area contributed by atoms with Crippen LogP contribution in [0.1, 0.15) is 74.9 Å². The third-order valence-electron chi connectivity index (χ3n) is 11.9. The zero-order valence-corrected chi connectivity index (χ0v) is 38.7. The van der Waals surface area contributed by atoms with Crippen LogP contribution >= 0.6 is 11.3 Å². The van der Waals surface area contributed by atoms with Crippen LogP contribution in [0.25, 0.3) is 33.6 Å². The number of ether oxygens (including phenoxy) is 6. The van der Waals surface area contributed by atoms with Crippen molar-refractivity contribution in [2.45, 2.75) is 63.7 Å². The zero-order valence-electron chi connectivity index (χ0n) is 37.9. The molecule has 0 bridgehead atoms. The Balaban J connectivity index is 1.14. The van der Waals surface area contributed by atoms with Crippen LogP contribution in [0, 0.1) is 5.92 Å². The summed E-state index contributed by atoms with van der Waals surface area (Å²) in [7, 11) is 5.94. The molecule has 5 heterocycles. The molecule has 0 aliphatic carbocycles. The number of carbonyl (C=O) groups excluding carboxylic acids is 3. The first-order valence-electron chi connectivity index (χ1n) is 22.0. The largest absolute Gasteiger partial charge is 0.491 e. The van der Waals surface area contributed by atoms with Gasteiger partial charge < -0.3 is 53.9 Å². The van der Waals surface area contributed by atoms with Crippen LogP contribution in [0.15, 0.2) is 65.6 Å². The van der Waals surface area contributed by atoms with Gasteiger partial charge in [0.25, 0.3) is 0 Å². The van der Waals surface area contributed by atoms with Gasteiger partial charge in [0.2, 0.25) is 5.91 Å². The van der Waals surface area contributed by atoms with Crippen LogP contribution in [0.4, 0.5) is 9.59 Å². The summed E-state index contributed by atoms with van der Waals surface area (Å²) >= 11 is 1.59. The van der Waals surface area contributed by atoms with E-state index in [1.165, 1.54) is 14.2 Å². The van der Waals surface area contributed by atoms with Crippen molar-refractivity contribution in [3.8, 4) is 45.1 Å². The predicted molar refractivity (Wildman–Crippen MR) is 246 cm³/mol. The molecule has 4 N–H and O–H groups in total. The lowest BCUT2D eigenvalue weighted by atomic mass is 9.98. The molecule has 4 atom stereocenters. The van der Waals surface area contributed by atoms with Crippen LogP contribution in [0.3, 0.4) is 0 Å². The van der Waals surface area contributed by atoms with Gasteiger partial charge in [-0.05, 0) is 84.8 Å². The monoisotopic (exact) mass is 912 g/mol. The average molecular weight is 913 g/mol. The number of nitrogens with one attached hydrogen (secondary N) is 4. The maximum atomic E-state index is 13.8. The number of imidazole rings is 2. The molecule has 2 fully saturated rings. The molecular formula is C47H60N8O9S. The Bertz CT molecular complexity index is 2350. The van der Waals surface area contributed by atoms with Crippen LogP contribution in [0.5, 0.6) is 11.5 Å². The minimum atomic E-state index is -0.728. The molecular weight excluding hydrogens is 853 g/mol. The maximum Gasteiger partial charge on any atom is 0.407 e. The van der Waals surface area contributed by atoms with Gasteiger partial charge in [-0.25, -0.2) is 19.6 Å². The molecule has 3 amide bonds. The number of H-pyrrole nitrogens is 2. The Labute approximate surface area is 383 Å². The summed E-state index contributed by atoms with van der Waals surface area (Å²) in [6.45, 7) is 7.27. The zero-order chi connectivity index (χ0) is 45.9. The van der Waals surface area contributed by atoms with E-state index in [4.69, 9.17) is 38.4 Å². The van der Waals surface area contributed by atoms with Crippen molar-refractivity contribution in [3.63, 3.8) is 0 Å². The fourth-order valence-electron chi connectivity index (χ4n) is 8.53. The number of aromatic nitrogens is 4. The number of methoxy groups -OCH3 is 4. The molecule has 3 aromatic heterocycles. The first kappa shape index (κ1) is 47.0. The Kier molecular flexibility index (Phi) is 16.1. The smallest absolute Gasteiger partial charge is 0.407 e. The summed E-state index contributed by atoms with van der Waals surface area (Å²) < 4.78 is 33.3. The number of hydrogen-bond acceptors (Lipinski definition) is 13. The highest BCUT2D eigenvalue weighted by Crippen LogP contribution is 2.42. The second-order valence-corrected chi connectivity index (χ2v) is 17.2. The molecule has 0 spiro atoms. The van der Waals surface area contributed by atoms with Crippen molar-refractivity contribution in [2.75, 3.05) is 74.5 Å². The molecule has 5 aromatic rings. The van der Waals surface area contributed by atoms with E-state index in [0.29, 0.717) is 56.8 Å². The first-order chi connectivity index (χ1) is 31.6. The number of thiophene rings is 1. The van der Waals surface area contributed by atoms with E-state index in [0.717, 1.165) is 77.3 Å². The fraction of sp³-hybridized carbons (Fsp3) is 0.468. The van der Waals surface area contributed by atoms with Gasteiger partial charge >= 0.3 is 12.2 Å². The summed E-state index contributed by atoms with van der Waals surface area (Å²) in [5.74, 6) is 2.49. The molecule has 17 nitrogen and oxygen atoms in total. The molecule has 2 aliphatic heterocycles. The number of amides is 3. The van der Waals surface area contributed by atoms with Crippen molar-refractivity contribution in [3.05, 3.63) is 82.8 Å². The molecule has 0 saturated carbocycles. The quantitative estimate of drug-likeness (QED) is 0.0562. The second-order valence-electron chi connectivity index (χ2n) is 16.4. The van der Waals surface area contributed by atoms with Crippen LogP contribution in [0.2, 0.25) is 0 Å². The summed E-state index contributed by atoms with van der Waals surface area (Å²) in [6.07, 6.45) is 6.01. The standard InChI is InChI=1S/C47H60N8O9S/c1-29(2)42(53-47(58)62-6)45(56)55-17-8-10-39(55)44-49-26-36(51-44)31-12-14-34(41(24-31)64-21-19-60-4)33-13-11-30(23-40(33)63-20-18-59-3)35-25-48-43(50-35)38-9-7-16-54(38)27-37(52-46(57)61-5)32-15-22-65-28-32/h11-15,22-26,28-29,37-39,42H,7-10,16-21,27H2,1-6H3,(H,48,50)(H,49,51)(H,52,57)(H,53,58)/t37-,38-,39-,42-/m0/s1. The lowest BCUT2D eigenvalue weighted by molar-refractivity contribution is -0.135. The van der Waals surface area contributed by atoms with Gasteiger partial charge in [-0.3, -0.25) is 9.69 Å². The molecule has 2 aromatic carbocycles. The van der Waals surface area contributed by atoms with Crippen molar-refractivity contribution < 1.29 is 42.8 Å². The lowest BCUT2D eigenvalue weighted by Gasteiger charge is -2.30. The molecule has 18 heteroatoms. The van der Waals surface area contributed by atoms with E-state index >= 15 is 0 Å². The number of likely N-dealkylation sites (tertiary alicyclic amines) is 2. The SMILES string of the molecule is COCCOc1cc(-c2cnc([C@@H]3CCCN3C[C@H](NC(=O)OC)c3ccsc3)[nH]2)ccc1-c1ccc(-c2cnc([C@@H]3CCCN3C(=O)[C@@H](NC(=O)OC)C(C)C)[nH]2)cc1OCCOC. The summed E-state index contributed by atoms with van der Waals surface area (Å²) in [6, 6.07) is 12.9. The number of benzene rings is 2. The number of nitrogens with zero attached hydrogens (tertiary/aromatic N) is 4. The normalized spacial score (nSPS) is 17.2. The fourth-order valence-corrected chi connectivity index (χ4v) is 9.24. The van der Waals surface area contributed by atoms with Gasteiger partial charge in [-0.2, -0.15) is 11.3 Å². The van der Waals surface area contributed by atoms with E-state index in [9.17, 15) is 14.4 Å². The number of carbonyl (C=O) groups is 3. The van der Waals surface area contributed by atoms with Gasteiger partial charge in [-0.15, -0.1) is 0 Å². The second kappa shape index (κ2) is 22.3. The summed E-state index contributed by atoms with van der Waals surface area (Å²) in [5.41, 5.74) is 6.04. The Morgan fingerprint density at radius 3 is 1.88 bits per heavy atom. The maximum absolute atomic E-state index is 13.8. The minimum absolute atomic E-state index is 0.0458. The Hall–Kier alpha value is -5.95. The van der Waals surface area contributed by atoms with Gasteiger partial charge in [0.05, 0.1) is 69.3 Å². The molecule has 2 saturated heterocycles. The van der Waals surface area contributed by atoms with Gasteiger partial charge in [-0.1, -0.05) is 26.0 Å². The van der Waals surface area contributed by atoms with Crippen molar-refractivity contribution in [1.82, 2.24) is 40.4 Å². The van der Waals surface area contributed by atoms with E-state index in [2.05, 4.69) is 30.9 Å². The van der Waals surface area contributed by atoms with E-state index in [1.54, 1.807) is 36.7 Å². The first-order valence-corrected chi connectivity index (χ1v) is 22.9. The minimum Gasteiger partial charge on any atom is -0.491 e. The van der Waals surface area contributed by atoms with E-state index in [-0.39, 0.29) is 30.0 Å². The molecule has 65 heavy (non-hydrogen) atoms. The van der Waals surface area contributed by atoms with Crippen molar-refractivity contribution >= 4 is 29.4 Å². The van der Waals surface area contributed by atoms with Gasteiger partial charge in [0, 0.05) is 49.6 Å². The number of hydrogen-bond donors (Lipinski definition) is 4. The highest BCUT2D eigenvalue weighted by Gasteiger charge is 2.38. The van der Waals surface area contributed by atoms with Crippen LogP contribution in [-0.4, -0.2) is 128 Å². The topological polar surface area (TPSA) is 194 Å². The molecule has 2 aliphatic rings. The van der Waals surface area contributed by atoms with Gasteiger partial charge in [0.15, 0.2) is 0 Å². The summed E-state index contributed by atoms with van der Waals surface area (Å²) in [4.78, 5) is 59.0. The highest BCUT2D eigenvalue weighted by atomic mass is 32.1. The number of aromatic amines is 2. The molecule has 0 unspecified atom stereocenters.